The van der Waals surface area contributed by atoms with E-state index in [1.54, 1.807) is 6.92 Å². The van der Waals surface area contributed by atoms with Crippen LogP contribution >= 0.6 is 0 Å². The predicted molar refractivity (Wildman–Crippen MR) is 55.0 cm³/mol. The lowest BCUT2D eigenvalue weighted by Crippen LogP contribution is -2.41. The molecule has 94 valence electrons. The summed E-state index contributed by atoms with van der Waals surface area (Å²) in [5.41, 5.74) is 0. The molecule has 16 heavy (non-hydrogen) atoms. The lowest BCUT2D eigenvalue weighted by molar-refractivity contribution is -0.142. The second-order valence-corrected chi connectivity index (χ2v) is 4.68. The average molecular weight is 253 g/mol. The van der Waals surface area contributed by atoms with Crippen LogP contribution < -0.4 is 4.72 Å². The van der Waals surface area contributed by atoms with Crippen LogP contribution in [0.5, 0.6) is 0 Å². The van der Waals surface area contributed by atoms with Gasteiger partial charge in [0.2, 0.25) is 10.0 Å². The van der Waals surface area contributed by atoms with Crippen molar-refractivity contribution in [2.24, 2.45) is 0 Å². The third kappa shape index (κ3) is 5.66. The average Bonchev–Trinajstić information content (AvgIpc) is 2.14. The van der Waals surface area contributed by atoms with Crippen LogP contribution in [0.3, 0.4) is 0 Å². The molecule has 0 aliphatic rings. The van der Waals surface area contributed by atoms with E-state index in [0.717, 1.165) is 7.11 Å². The van der Waals surface area contributed by atoms with Crippen LogP contribution in [0.25, 0.3) is 0 Å². The van der Waals surface area contributed by atoms with Crippen molar-refractivity contribution in [3.05, 3.63) is 0 Å². The molecule has 0 saturated heterocycles. The van der Waals surface area contributed by atoms with Gasteiger partial charge in [0.1, 0.15) is 6.04 Å². The van der Waals surface area contributed by atoms with Gasteiger partial charge in [-0.25, -0.2) is 13.1 Å². The van der Waals surface area contributed by atoms with Crippen molar-refractivity contribution < 1.29 is 27.5 Å². The molecule has 0 aliphatic heterocycles. The first-order valence-electron chi connectivity index (χ1n) is 4.55. The SMILES string of the molecule is CCOC(=O)CS(=O)(=O)NC(C)C(=O)OC. The highest BCUT2D eigenvalue weighted by atomic mass is 32.2. The number of carbonyl (C=O) groups is 2. The minimum atomic E-state index is -3.88. The summed E-state index contributed by atoms with van der Waals surface area (Å²) >= 11 is 0. The first kappa shape index (κ1) is 14.8. The smallest absolute Gasteiger partial charge is 0.323 e. The Kier molecular flexibility index (Phi) is 5.97. The van der Waals surface area contributed by atoms with E-state index in [4.69, 9.17) is 0 Å². The van der Waals surface area contributed by atoms with E-state index in [9.17, 15) is 18.0 Å². The highest BCUT2D eigenvalue weighted by Gasteiger charge is 2.23. The van der Waals surface area contributed by atoms with Crippen molar-refractivity contribution in [2.75, 3.05) is 19.5 Å². The molecule has 0 heterocycles. The number of esters is 2. The molecule has 0 rings (SSSR count). The van der Waals surface area contributed by atoms with Gasteiger partial charge in [0, 0.05) is 0 Å². The van der Waals surface area contributed by atoms with E-state index in [1.807, 2.05) is 4.72 Å². The third-order valence-electron chi connectivity index (χ3n) is 1.52. The van der Waals surface area contributed by atoms with Crippen LogP contribution in [0, 0.1) is 0 Å². The van der Waals surface area contributed by atoms with Crippen molar-refractivity contribution in [3.63, 3.8) is 0 Å². The molecule has 0 saturated carbocycles. The number of rotatable bonds is 6. The van der Waals surface area contributed by atoms with Gasteiger partial charge in [0.05, 0.1) is 13.7 Å². The van der Waals surface area contributed by atoms with Crippen LogP contribution in [0.4, 0.5) is 0 Å². The molecular formula is C8H15NO6S. The van der Waals surface area contributed by atoms with E-state index in [1.165, 1.54) is 6.92 Å². The highest BCUT2D eigenvalue weighted by molar-refractivity contribution is 7.90. The normalized spacial score (nSPS) is 12.9. The quantitative estimate of drug-likeness (QED) is 0.611. The topological polar surface area (TPSA) is 98.8 Å². The Labute approximate surface area is 94.2 Å². The molecule has 1 atom stereocenters. The van der Waals surface area contributed by atoms with Gasteiger partial charge < -0.3 is 9.47 Å². The molecule has 0 spiro atoms. The summed E-state index contributed by atoms with van der Waals surface area (Å²) in [6.07, 6.45) is 0. The maximum Gasteiger partial charge on any atom is 0.323 e. The fourth-order valence-corrected chi connectivity index (χ4v) is 2.01. The van der Waals surface area contributed by atoms with E-state index in [2.05, 4.69) is 9.47 Å². The van der Waals surface area contributed by atoms with E-state index in [-0.39, 0.29) is 6.61 Å². The van der Waals surface area contributed by atoms with Crippen LogP contribution in [0.2, 0.25) is 0 Å². The maximum atomic E-state index is 11.3. The second kappa shape index (κ2) is 6.44. The van der Waals surface area contributed by atoms with E-state index >= 15 is 0 Å². The van der Waals surface area contributed by atoms with Crippen LogP contribution in [-0.4, -0.2) is 45.9 Å². The number of nitrogens with one attached hydrogen (secondary N) is 1. The first-order chi connectivity index (χ1) is 7.32. The zero-order valence-corrected chi connectivity index (χ0v) is 10.2. The monoisotopic (exact) mass is 253 g/mol. The van der Waals surface area contributed by atoms with Crippen molar-refractivity contribution in [1.82, 2.24) is 4.72 Å². The van der Waals surface area contributed by atoms with Crippen LogP contribution in [0.15, 0.2) is 0 Å². The Morgan fingerprint density at radius 3 is 2.38 bits per heavy atom. The van der Waals surface area contributed by atoms with Gasteiger partial charge in [0.25, 0.3) is 0 Å². The zero-order chi connectivity index (χ0) is 12.8. The van der Waals surface area contributed by atoms with E-state index in [0.29, 0.717) is 0 Å². The molecule has 0 radical (unpaired) electrons. The standard InChI is InChI=1S/C8H15NO6S/c1-4-15-7(10)5-16(12,13)9-6(2)8(11)14-3/h6,9H,4-5H2,1-3H3. The Hall–Kier alpha value is -1.15. The summed E-state index contributed by atoms with van der Waals surface area (Å²) in [7, 11) is -2.75. The largest absolute Gasteiger partial charge is 0.468 e. The fourth-order valence-electron chi connectivity index (χ4n) is 0.894. The third-order valence-corrected chi connectivity index (χ3v) is 2.85. The molecule has 0 aromatic heterocycles. The van der Waals surface area contributed by atoms with Crippen molar-refractivity contribution in [3.8, 4) is 0 Å². The molecule has 0 aliphatic carbocycles. The number of methoxy groups -OCH3 is 1. The van der Waals surface area contributed by atoms with Crippen molar-refractivity contribution in [1.29, 1.82) is 0 Å². The lowest BCUT2D eigenvalue weighted by Gasteiger charge is -2.11. The summed E-state index contributed by atoms with van der Waals surface area (Å²) in [6, 6.07) is -1.04. The van der Waals surface area contributed by atoms with E-state index < -0.39 is 33.8 Å². The van der Waals surface area contributed by atoms with Gasteiger partial charge in [-0.1, -0.05) is 0 Å². The first-order valence-corrected chi connectivity index (χ1v) is 6.21. The Morgan fingerprint density at radius 1 is 1.38 bits per heavy atom. The molecule has 0 aromatic rings. The molecule has 1 unspecified atom stereocenters. The van der Waals surface area contributed by atoms with Gasteiger partial charge in [-0.2, -0.15) is 0 Å². The molecule has 0 amide bonds. The maximum absolute atomic E-state index is 11.3. The Balaban J connectivity index is 4.36. The summed E-state index contributed by atoms with van der Waals surface area (Å²) in [4.78, 5) is 21.9. The minimum absolute atomic E-state index is 0.0981. The van der Waals surface area contributed by atoms with Crippen LogP contribution in [-0.2, 0) is 29.1 Å². The van der Waals surface area contributed by atoms with Gasteiger partial charge in [-0.15, -0.1) is 0 Å². The Morgan fingerprint density at radius 2 is 1.94 bits per heavy atom. The molecule has 7 nitrogen and oxygen atoms in total. The van der Waals surface area contributed by atoms with Gasteiger partial charge in [-0.05, 0) is 13.8 Å². The Bertz CT molecular complexity index is 350. The molecule has 0 aromatic carbocycles. The number of carbonyl (C=O) groups excluding carboxylic acids is 2. The number of ether oxygens (including phenoxy) is 2. The molecule has 8 heteroatoms. The highest BCUT2D eigenvalue weighted by Crippen LogP contribution is 1.93. The van der Waals surface area contributed by atoms with Crippen LogP contribution in [0.1, 0.15) is 13.8 Å². The predicted octanol–water partition coefficient (Wildman–Crippen LogP) is -0.970. The van der Waals surface area contributed by atoms with Crippen molar-refractivity contribution >= 4 is 22.0 Å². The summed E-state index contributed by atoms with van der Waals surface area (Å²) in [5.74, 6) is -2.41. The number of sulfonamides is 1. The molecular weight excluding hydrogens is 238 g/mol. The second-order valence-electron chi connectivity index (χ2n) is 2.93. The van der Waals surface area contributed by atoms with Crippen molar-refractivity contribution in [2.45, 2.75) is 19.9 Å². The number of hydrogen-bond acceptors (Lipinski definition) is 6. The molecule has 0 fully saturated rings. The van der Waals surface area contributed by atoms with Gasteiger partial charge >= 0.3 is 11.9 Å². The fraction of sp³-hybridized carbons (Fsp3) is 0.750. The summed E-state index contributed by atoms with van der Waals surface area (Å²) in [5, 5.41) is 0. The summed E-state index contributed by atoms with van der Waals surface area (Å²) in [6.45, 7) is 2.98. The zero-order valence-electron chi connectivity index (χ0n) is 9.35. The molecule has 0 bridgehead atoms. The molecule has 1 N–H and O–H groups in total. The lowest BCUT2D eigenvalue weighted by atomic mass is 10.4. The number of hydrogen-bond donors (Lipinski definition) is 1. The minimum Gasteiger partial charge on any atom is -0.468 e. The summed E-state index contributed by atoms with van der Waals surface area (Å²) < 4.78 is 33.4. The van der Waals surface area contributed by atoms with Gasteiger partial charge in [0.15, 0.2) is 5.75 Å². The van der Waals surface area contributed by atoms with Gasteiger partial charge in [-0.3, -0.25) is 9.59 Å².